The van der Waals surface area contributed by atoms with Crippen LogP contribution in [0.15, 0.2) is 15.8 Å². The van der Waals surface area contributed by atoms with Gasteiger partial charge in [0.05, 0.1) is 5.39 Å². The second-order valence-corrected chi connectivity index (χ2v) is 5.33. The second kappa shape index (κ2) is 5.72. The molecule has 8 heteroatoms. The summed E-state index contributed by atoms with van der Waals surface area (Å²) in [5.74, 6) is -0.406. The molecule has 2 heterocycles. The third kappa shape index (κ3) is 3.06. The van der Waals surface area contributed by atoms with Gasteiger partial charge in [0.15, 0.2) is 0 Å². The highest BCUT2D eigenvalue weighted by atomic mass is 16.5. The zero-order valence-electron chi connectivity index (χ0n) is 12.1. The number of hydrogen-bond acceptors (Lipinski definition) is 6. The van der Waals surface area contributed by atoms with Crippen LogP contribution in [0, 0.1) is 0 Å². The number of nitrogens with zero attached hydrogens (tertiary/aromatic N) is 1. The van der Waals surface area contributed by atoms with Gasteiger partial charge in [-0.3, -0.25) is 19.6 Å². The molecular weight excluding hydrogens is 288 g/mol. The van der Waals surface area contributed by atoms with E-state index in [-0.39, 0.29) is 12.3 Å². The number of rotatable bonds is 5. The van der Waals surface area contributed by atoms with E-state index in [9.17, 15) is 14.4 Å². The van der Waals surface area contributed by atoms with Gasteiger partial charge in [0.25, 0.3) is 5.56 Å². The molecule has 0 radical (unpaired) electrons. The molecule has 0 aromatic carbocycles. The van der Waals surface area contributed by atoms with Gasteiger partial charge in [-0.15, -0.1) is 0 Å². The maximum absolute atomic E-state index is 12.1. The average Bonchev–Trinajstić information content (AvgIpc) is 3.26. The van der Waals surface area contributed by atoms with E-state index in [1.165, 1.54) is 13.1 Å². The number of hydrogen-bond donors (Lipinski definition) is 3. The first kappa shape index (κ1) is 14.5. The van der Waals surface area contributed by atoms with E-state index < -0.39 is 17.2 Å². The van der Waals surface area contributed by atoms with Gasteiger partial charge in [-0.25, -0.2) is 9.78 Å². The molecule has 3 rings (SSSR count). The number of aromatic nitrogens is 3. The molecule has 2 aromatic heterocycles. The number of carbonyl (C=O) groups excluding carboxylic acids is 1. The summed E-state index contributed by atoms with van der Waals surface area (Å²) in [6.07, 6.45) is 3.73. The van der Waals surface area contributed by atoms with Crippen LogP contribution in [0.25, 0.3) is 11.0 Å². The molecule has 0 unspecified atom stereocenters. The Kier molecular flexibility index (Phi) is 3.76. The van der Waals surface area contributed by atoms with Crippen molar-refractivity contribution in [2.75, 3.05) is 0 Å². The van der Waals surface area contributed by atoms with Crippen molar-refractivity contribution in [3.63, 3.8) is 0 Å². The number of nitrogens with one attached hydrogen (secondary N) is 3. The summed E-state index contributed by atoms with van der Waals surface area (Å²) in [5, 5.41) is 3.64. The van der Waals surface area contributed by atoms with Crippen LogP contribution in [0.1, 0.15) is 30.9 Å². The highest BCUT2D eigenvalue weighted by Gasteiger charge is 2.22. The van der Waals surface area contributed by atoms with Gasteiger partial charge in [0.1, 0.15) is 12.3 Å². The quantitative estimate of drug-likeness (QED) is 0.666. The largest absolute Gasteiger partial charge is 0.461 e. The molecule has 0 bridgehead atoms. The molecule has 22 heavy (non-hydrogen) atoms. The van der Waals surface area contributed by atoms with Crippen molar-refractivity contribution in [3.8, 4) is 0 Å². The number of ether oxygens (including phenoxy) is 1. The van der Waals surface area contributed by atoms with E-state index in [0.717, 1.165) is 12.8 Å². The minimum absolute atomic E-state index is 0.0402. The first-order valence-corrected chi connectivity index (χ1v) is 7.04. The van der Waals surface area contributed by atoms with Crippen LogP contribution in [-0.4, -0.2) is 27.0 Å². The summed E-state index contributed by atoms with van der Waals surface area (Å²) in [5.41, 5.74) is 0.472. The van der Waals surface area contributed by atoms with Crippen LogP contribution >= 0.6 is 0 Å². The monoisotopic (exact) mass is 304 g/mol. The van der Waals surface area contributed by atoms with E-state index in [2.05, 4.69) is 20.3 Å². The van der Waals surface area contributed by atoms with Crippen molar-refractivity contribution < 1.29 is 9.53 Å². The Bertz CT molecular complexity index is 835. The summed E-state index contributed by atoms with van der Waals surface area (Å²) in [4.78, 5) is 43.3. The zero-order valence-corrected chi connectivity index (χ0v) is 12.1. The maximum atomic E-state index is 12.1. The number of fused-ring (bicyclic) bond motifs is 1. The van der Waals surface area contributed by atoms with Crippen LogP contribution in [0.2, 0.25) is 0 Å². The lowest BCUT2D eigenvalue weighted by Gasteiger charge is -2.12. The Morgan fingerprint density at radius 2 is 2.18 bits per heavy atom. The number of pyridine rings is 1. The summed E-state index contributed by atoms with van der Waals surface area (Å²) >= 11 is 0. The normalized spacial score (nSPS) is 14.2. The molecule has 1 aliphatic carbocycles. The molecular formula is C14H16N4O4. The van der Waals surface area contributed by atoms with E-state index in [1.807, 2.05) is 0 Å². The summed E-state index contributed by atoms with van der Waals surface area (Å²) in [7, 11) is 0. The molecule has 0 aliphatic heterocycles. The van der Waals surface area contributed by atoms with Crippen molar-refractivity contribution in [1.29, 1.82) is 0 Å². The molecule has 1 saturated carbocycles. The van der Waals surface area contributed by atoms with Gasteiger partial charge in [-0.1, -0.05) is 0 Å². The number of esters is 1. The molecule has 0 atom stereocenters. The molecule has 1 aliphatic rings. The van der Waals surface area contributed by atoms with Crippen LogP contribution in [-0.2, 0) is 22.7 Å². The smallest absolute Gasteiger partial charge is 0.327 e. The molecule has 0 amide bonds. The second-order valence-electron chi connectivity index (χ2n) is 5.33. The number of carbonyl (C=O) groups is 1. The van der Waals surface area contributed by atoms with E-state index in [1.54, 1.807) is 0 Å². The first-order chi connectivity index (χ1) is 10.5. The SMILES string of the molecule is CC(=O)OCc1cnc2[nH]c(=O)[nH]c(=O)c2c1CNC1CC1. The highest BCUT2D eigenvalue weighted by Crippen LogP contribution is 2.22. The zero-order chi connectivity index (χ0) is 15.7. The van der Waals surface area contributed by atoms with E-state index in [4.69, 9.17) is 4.74 Å². The molecule has 0 saturated heterocycles. The number of H-pyrrole nitrogens is 2. The highest BCUT2D eigenvalue weighted by molar-refractivity contribution is 5.78. The van der Waals surface area contributed by atoms with Crippen LogP contribution in [0.3, 0.4) is 0 Å². The van der Waals surface area contributed by atoms with Crippen LogP contribution in [0.5, 0.6) is 0 Å². The lowest BCUT2D eigenvalue weighted by Crippen LogP contribution is -2.26. The first-order valence-electron chi connectivity index (χ1n) is 7.04. The predicted molar refractivity (Wildman–Crippen MR) is 78.3 cm³/mol. The fraction of sp³-hybridized carbons (Fsp3) is 0.429. The minimum Gasteiger partial charge on any atom is -0.461 e. The summed E-state index contributed by atoms with van der Waals surface area (Å²) in [6.45, 7) is 1.81. The Morgan fingerprint density at radius 1 is 1.41 bits per heavy atom. The van der Waals surface area contributed by atoms with Gasteiger partial charge in [-0.05, 0) is 18.4 Å². The van der Waals surface area contributed by atoms with Crippen molar-refractivity contribution >= 4 is 17.0 Å². The van der Waals surface area contributed by atoms with Crippen LogP contribution < -0.4 is 16.6 Å². The Hall–Kier alpha value is -2.48. The Balaban J connectivity index is 2.07. The number of aromatic amines is 2. The lowest BCUT2D eigenvalue weighted by molar-refractivity contribution is -0.142. The van der Waals surface area contributed by atoms with Crippen molar-refractivity contribution in [2.45, 2.75) is 39.0 Å². The molecule has 0 spiro atoms. The van der Waals surface area contributed by atoms with Gasteiger partial charge < -0.3 is 10.1 Å². The topological polar surface area (TPSA) is 117 Å². The molecule has 3 N–H and O–H groups in total. The summed E-state index contributed by atoms with van der Waals surface area (Å²) < 4.78 is 5.01. The minimum atomic E-state index is -0.598. The molecule has 2 aromatic rings. The third-order valence-electron chi connectivity index (χ3n) is 3.54. The van der Waals surface area contributed by atoms with E-state index in [0.29, 0.717) is 29.1 Å². The third-order valence-corrected chi connectivity index (χ3v) is 3.54. The van der Waals surface area contributed by atoms with Crippen molar-refractivity contribution in [3.05, 3.63) is 38.2 Å². The Morgan fingerprint density at radius 3 is 2.86 bits per heavy atom. The van der Waals surface area contributed by atoms with E-state index >= 15 is 0 Å². The fourth-order valence-corrected chi connectivity index (χ4v) is 2.27. The van der Waals surface area contributed by atoms with Gasteiger partial charge in [-0.2, -0.15) is 0 Å². The predicted octanol–water partition coefficient (Wildman–Crippen LogP) is -0.0735. The van der Waals surface area contributed by atoms with Gasteiger partial charge in [0, 0.05) is 31.3 Å². The fourth-order valence-electron chi connectivity index (χ4n) is 2.27. The van der Waals surface area contributed by atoms with Crippen molar-refractivity contribution in [2.24, 2.45) is 0 Å². The standard InChI is InChI=1S/C14H16N4O4/c1-7(19)22-6-8-4-16-12-11(13(20)18-14(21)17-12)10(8)5-15-9-2-3-9/h4,9,15H,2-3,5-6H2,1H3,(H2,16,17,18,20,21). The van der Waals surface area contributed by atoms with Gasteiger partial charge in [0.2, 0.25) is 0 Å². The van der Waals surface area contributed by atoms with Crippen molar-refractivity contribution in [1.82, 2.24) is 20.3 Å². The lowest BCUT2D eigenvalue weighted by atomic mass is 10.1. The molecule has 1 fully saturated rings. The van der Waals surface area contributed by atoms with Crippen LogP contribution in [0.4, 0.5) is 0 Å². The maximum Gasteiger partial charge on any atom is 0.327 e. The Labute approximate surface area is 124 Å². The summed E-state index contributed by atoms with van der Waals surface area (Å²) in [6, 6.07) is 0.451. The molecule has 8 nitrogen and oxygen atoms in total. The average molecular weight is 304 g/mol. The molecule has 116 valence electrons. The van der Waals surface area contributed by atoms with Gasteiger partial charge >= 0.3 is 11.7 Å².